The molecule has 0 saturated heterocycles. The maximum absolute atomic E-state index is 12.7. The lowest BCUT2D eigenvalue weighted by Gasteiger charge is -2.20. The Morgan fingerprint density at radius 1 is 1.25 bits per heavy atom. The summed E-state index contributed by atoms with van der Waals surface area (Å²) in [7, 11) is 0. The Kier molecular flexibility index (Phi) is 4.55. The van der Waals surface area contributed by atoms with E-state index in [1.807, 2.05) is 0 Å². The minimum absolute atomic E-state index is 0.0164. The minimum atomic E-state index is -4.39. The average molecular weight is 230 g/mol. The fraction of sp³-hybridized carbons (Fsp3) is 0.333. The van der Waals surface area contributed by atoms with Gasteiger partial charge in [-0.3, -0.25) is 0 Å². The third-order valence-electron chi connectivity index (χ3n) is 2.01. The first-order chi connectivity index (χ1) is 7.55. The molecule has 0 aliphatic rings. The van der Waals surface area contributed by atoms with E-state index in [9.17, 15) is 13.2 Å². The zero-order valence-corrected chi connectivity index (χ0v) is 8.70. The standard InChI is InChI=1S/C12H13F3O/c1-2-3-9-16-11(12(13,14)15)10-7-5-4-6-8-10/h2,4-8,11H,1,3,9H2/t11-/m1/s1. The molecule has 4 heteroatoms. The molecule has 88 valence electrons. The summed E-state index contributed by atoms with van der Waals surface area (Å²) >= 11 is 0. The van der Waals surface area contributed by atoms with E-state index >= 15 is 0 Å². The van der Waals surface area contributed by atoms with E-state index < -0.39 is 12.3 Å². The van der Waals surface area contributed by atoms with Crippen LogP contribution in [0, 0.1) is 0 Å². The van der Waals surface area contributed by atoms with Gasteiger partial charge in [0.05, 0.1) is 6.61 Å². The lowest BCUT2D eigenvalue weighted by molar-refractivity contribution is -0.223. The quantitative estimate of drug-likeness (QED) is 0.551. The molecule has 0 aromatic heterocycles. The molecular weight excluding hydrogens is 217 g/mol. The maximum atomic E-state index is 12.7. The SMILES string of the molecule is C=CCCO[C@H](c1ccccc1)C(F)(F)F. The van der Waals surface area contributed by atoms with Crippen LogP contribution in [0.15, 0.2) is 43.0 Å². The second kappa shape index (κ2) is 5.70. The van der Waals surface area contributed by atoms with Crippen molar-refractivity contribution in [2.75, 3.05) is 6.61 Å². The van der Waals surface area contributed by atoms with Gasteiger partial charge >= 0.3 is 6.18 Å². The van der Waals surface area contributed by atoms with Crippen LogP contribution < -0.4 is 0 Å². The van der Waals surface area contributed by atoms with Crippen molar-refractivity contribution in [2.24, 2.45) is 0 Å². The van der Waals surface area contributed by atoms with Crippen LogP contribution in [-0.2, 0) is 4.74 Å². The number of alkyl halides is 3. The summed E-state index contributed by atoms with van der Waals surface area (Å²) in [5.74, 6) is 0. The molecule has 0 N–H and O–H groups in total. The minimum Gasteiger partial charge on any atom is -0.364 e. The molecule has 1 aromatic carbocycles. The lowest BCUT2D eigenvalue weighted by atomic mass is 10.1. The van der Waals surface area contributed by atoms with E-state index in [4.69, 9.17) is 4.74 Å². The van der Waals surface area contributed by atoms with Gasteiger partial charge in [0.1, 0.15) is 0 Å². The molecule has 1 aromatic rings. The second-order valence-electron chi connectivity index (χ2n) is 3.28. The third kappa shape index (κ3) is 3.70. The third-order valence-corrected chi connectivity index (χ3v) is 2.01. The zero-order valence-electron chi connectivity index (χ0n) is 8.70. The van der Waals surface area contributed by atoms with Gasteiger partial charge in [-0.25, -0.2) is 0 Å². The number of rotatable bonds is 5. The van der Waals surface area contributed by atoms with E-state index in [-0.39, 0.29) is 12.2 Å². The number of hydrogen-bond acceptors (Lipinski definition) is 1. The first kappa shape index (κ1) is 12.8. The molecule has 1 rings (SSSR count). The van der Waals surface area contributed by atoms with E-state index in [1.54, 1.807) is 18.2 Å². The average Bonchev–Trinajstić information content (AvgIpc) is 2.24. The van der Waals surface area contributed by atoms with Crippen LogP contribution in [0.5, 0.6) is 0 Å². The maximum Gasteiger partial charge on any atom is 0.418 e. The number of ether oxygens (including phenoxy) is 1. The number of hydrogen-bond donors (Lipinski definition) is 0. The van der Waals surface area contributed by atoms with Crippen LogP contribution in [0.3, 0.4) is 0 Å². The largest absolute Gasteiger partial charge is 0.418 e. The van der Waals surface area contributed by atoms with Gasteiger partial charge < -0.3 is 4.74 Å². The Bertz CT molecular complexity index is 319. The highest BCUT2D eigenvalue weighted by Crippen LogP contribution is 2.35. The predicted molar refractivity (Wildman–Crippen MR) is 56.0 cm³/mol. The number of benzene rings is 1. The molecule has 0 spiro atoms. The summed E-state index contributed by atoms with van der Waals surface area (Å²) in [5.41, 5.74) is 0.124. The Hall–Kier alpha value is -1.29. The molecule has 0 aliphatic heterocycles. The fourth-order valence-electron chi connectivity index (χ4n) is 1.28. The molecule has 0 unspecified atom stereocenters. The Balaban J connectivity index is 2.76. The van der Waals surface area contributed by atoms with Crippen molar-refractivity contribution in [3.8, 4) is 0 Å². The second-order valence-corrected chi connectivity index (χ2v) is 3.28. The van der Waals surface area contributed by atoms with Gasteiger partial charge in [-0.2, -0.15) is 13.2 Å². The Labute approximate surface area is 92.5 Å². The highest BCUT2D eigenvalue weighted by atomic mass is 19.4. The van der Waals surface area contributed by atoms with Crippen molar-refractivity contribution in [3.63, 3.8) is 0 Å². The van der Waals surface area contributed by atoms with Gasteiger partial charge in [0.25, 0.3) is 0 Å². The van der Waals surface area contributed by atoms with Gasteiger partial charge in [-0.15, -0.1) is 6.58 Å². The predicted octanol–water partition coefficient (Wildman–Crippen LogP) is 3.88. The van der Waals surface area contributed by atoms with Crippen molar-refractivity contribution < 1.29 is 17.9 Å². The van der Waals surface area contributed by atoms with Gasteiger partial charge in [0.2, 0.25) is 0 Å². The molecule has 0 bridgehead atoms. The van der Waals surface area contributed by atoms with Crippen LogP contribution in [0.2, 0.25) is 0 Å². The van der Waals surface area contributed by atoms with Gasteiger partial charge in [-0.05, 0) is 12.0 Å². The molecule has 16 heavy (non-hydrogen) atoms. The normalized spacial score (nSPS) is 13.4. The van der Waals surface area contributed by atoms with Crippen molar-refractivity contribution in [3.05, 3.63) is 48.6 Å². The molecular formula is C12H13F3O. The Morgan fingerprint density at radius 2 is 1.88 bits per heavy atom. The van der Waals surface area contributed by atoms with E-state index in [2.05, 4.69) is 6.58 Å². The summed E-state index contributed by atoms with van der Waals surface area (Å²) in [6.07, 6.45) is -4.31. The molecule has 0 radical (unpaired) electrons. The summed E-state index contributed by atoms with van der Waals surface area (Å²) in [4.78, 5) is 0. The molecule has 1 atom stereocenters. The molecule has 0 heterocycles. The van der Waals surface area contributed by atoms with Gasteiger partial charge in [-0.1, -0.05) is 36.4 Å². The topological polar surface area (TPSA) is 9.23 Å². The molecule has 0 amide bonds. The monoisotopic (exact) mass is 230 g/mol. The van der Waals surface area contributed by atoms with Crippen molar-refractivity contribution in [2.45, 2.75) is 18.7 Å². The Morgan fingerprint density at radius 3 is 2.38 bits per heavy atom. The number of halogens is 3. The molecule has 0 saturated carbocycles. The van der Waals surface area contributed by atoms with Crippen LogP contribution in [0.1, 0.15) is 18.1 Å². The van der Waals surface area contributed by atoms with Crippen LogP contribution in [0.25, 0.3) is 0 Å². The van der Waals surface area contributed by atoms with Gasteiger partial charge in [0.15, 0.2) is 6.10 Å². The van der Waals surface area contributed by atoms with Crippen LogP contribution >= 0.6 is 0 Å². The van der Waals surface area contributed by atoms with E-state index in [1.165, 1.54) is 18.2 Å². The van der Waals surface area contributed by atoms with Crippen LogP contribution in [0.4, 0.5) is 13.2 Å². The van der Waals surface area contributed by atoms with Crippen LogP contribution in [-0.4, -0.2) is 12.8 Å². The smallest absolute Gasteiger partial charge is 0.364 e. The zero-order chi connectivity index (χ0) is 12.0. The summed E-state index contributed by atoms with van der Waals surface area (Å²) in [5, 5.41) is 0. The summed E-state index contributed by atoms with van der Waals surface area (Å²) < 4.78 is 42.9. The fourth-order valence-corrected chi connectivity index (χ4v) is 1.28. The van der Waals surface area contributed by atoms with Gasteiger partial charge in [0, 0.05) is 0 Å². The van der Waals surface area contributed by atoms with Crippen molar-refractivity contribution in [1.29, 1.82) is 0 Å². The molecule has 0 aliphatic carbocycles. The van der Waals surface area contributed by atoms with Crippen molar-refractivity contribution in [1.82, 2.24) is 0 Å². The van der Waals surface area contributed by atoms with E-state index in [0.29, 0.717) is 6.42 Å². The molecule has 0 fully saturated rings. The first-order valence-corrected chi connectivity index (χ1v) is 4.90. The van der Waals surface area contributed by atoms with Crippen molar-refractivity contribution >= 4 is 0 Å². The molecule has 1 nitrogen and oxygen atoms in total. The van der Waals surface area contributed by atoms with E-state index in [0.717, 1.165) is 0 Å². The highest BCUT2D eigenvalue weighted by Gasteiger charge is 2.41. The lowest BCUT2D eigenvalue weighted by Crippen LogP contribution is -2.23. The summed E-state index contributed by atoms with van der Waals surface area (Å²) in [6.45, 7) is 3.45. The first-order valence-electron chi connectivity index (χ1n) is 4.90. The summed E-state index contributed by atoms with van der Waals surface area (Å²) in [6, 6.07) is 7.61. The highest BCUT2D eigenvalue weighted by molar-refractivity contribution is 5.18.